The van der Waals surface area contributed by atoms with Crippen molar-refractivity contribution in [2.75, 3.05) is 13.1 Å². The lowest BCUT2D eigenvalue weighted by molar-refractivity contribution is -0.119. The van der Waals surface area contributed by atoms with Crippen LogP contribution in [-0.4, -0.2) is 47.2 Å². The molecule has 4 heteroatoms. The molecule has 1 amide bonds. The van der Waals surface area contributed by atoms with Gasteiger partial charge in [0.15, 0.2) is 0 Å². The van der Waals surface area contributed by atoms with Gasteiger partial charge >= 0.3 is 0 Å². The summed E-state index contributed by atoms with van der Waals surface area (Å²) in [6.07, 6.45) is 6.06. The summed E-state index contributed by atoms with van der Waals surface area (Å²) < 4.78 is 0. The summed E-state index contributed by atoms with van der Waals surface area (Å²) in [5.74, 6) is -0.0688. The molecule has 0 aromatic heterocycles. The average molecular weight is 226 g/mol. The monoisotopic (exact) mass is 226 g/mol. The van der Waals surface area contributed by atoms with Crippen LogP contribution in [0.1, 0.15) is 39.0 Å². The molecule has 0 aromatic carbocycles. The van der Waals surface area contributed by atoms with Crippen molar-refractivity contribution in [1.29, 1.82) is 0 Å². The van der Waals surface area contributed by atoms with Gasteiger partial charge in [-0.1, -0.05) is 6.42 Å². The Bertz CT molecular complexity index is 241. The molecule has 2 N–H and O–H groups in total. The zero-order valence-corrected chi connectivity index (χ0v) is 9.98. The quantitative estimate of drug-likeness (QED) is 0.734. The third-order valence-electron chi connectivity index (χ3n) is 3.85. The molecule has 0 saturated carbocycles. The molecule has 2 saturated heterocycles. The molecule has 2 rings (SSSR count). The van der Waals surface area contributed by atoms with Gasteiger partial charge in [0.2, 0.25) is 5.91 Å². The highest BCUT2D eigenvalue weighted by atomic mass is 16.3. The van der Waals surface area contributed by atoms with Gasteiger partial charge in [-0.05, 0) is 25.7 Å². The van der Waals surface area contributed by atoms with Crippen molar-refractivity contribution in [1.82, 2.24) is 10.2 Å². The first-order chi connectivity index (χ1) is 7.66. The average Bonchev–Trinajstić information content (AvgIpc) is 2.50. The Morgan fingerprint density at radius 2 is 2.00 bits per heavy atom. The van der Waals surface area contributed by atoms with Crippen molar-refractivity contribution in [2.24, 2.45) is 0 Å². The lowest BCUT2D eigenvalue weighted by Gasteiger charge is -2.36. The van der Waals surface area contributed by atoms with Crippen LogP contribution in [0.25, 0.3) is 0 Å². The number of nitrogens with one attached hydrogen (secondary N) is 1. The number of hydrogen-bond acceptors (Lipinski definition) is 3. The Balaban J connectivity index is 1.78. The molecule has 16 heavy (non-hydrogen) atoms. The molecule has 4 nitrogen and oxygen atoms in total. The van der Waals surface area contributed by atoms with Crippen LogP contribution in [0.4, 0.5) is 0 Å². The SMILES string of the molecule is CC(=O)NCC(O)CN1[C@@H]2CCC[C@H]1CC2. The van der Waals surface area contributed by atoms with E-state index in [1.54, 1.807) is 0 Å². The third-order valence-corrected chi connectivity index (χ3v) is 3.85. The van der Waals surface area contributed by atoms with Crippen LogP contribution in [-0.2, 0) is 4.79 Å². The van der Waals surface area contributed by atoms with Crippen molar-refractivity contribution < 1.29 is 9.90 Å². The summed E-state index contributed by atoms with van der Waals surface area (Å²) in [6, 6.07) is 1.37. The number of carbonyl (C=O) groups excluding carboxylic acids is 1. The topological polar surface area (TPSA) is 52.6 Å². The Kier molecular flexibility index (Phi) is 3.82. The third kappa shape index (κ3) is 2.74. The Morgan fingerprint density at radius 3 is 2.56 bits per heavy atom. The predicted octanol–water partition coefficient (Wildman–Crippen LogP) is 0.500. The van der Waals surface area contributed by atoms with Gasteiger partial charge in [0.1, 0.15) is 0 Å². The number of fused-ring (bicyclic) bond motifs is 2. The van der Waals surface area contributed by atoms with E-state index < -0.39 is 6.10 Å². The summed E-state index contributed by atoms with van der Waals surface area (Å²) in [6.45, 7) is 2.58. The lowest BCUT2D eigenvalue weighted by Crippen LogP contribution is -2.46. The number of hydrogen-bond donors (Lipinski definition) is 2. The summed E-state index contributed by atoms with van der Waals surface area (Å²) in [4.78, 5) is 13.2. The molecule has 2 fully saturated rings. The smallest absolute Gasteiger partial charge is 0.216 e. The van der Waals surface area contributed by atoms with E-state index >= 15 is 0 Å². The van der Waals surface area contributed by atoms with Crippen molar-refractivity contribution in [3.8, 4) is 0 Å². The van der Waals surface area contributed by atoms with E-state index in [-0.39, 0.29) is 5.91 Å². The zero-order chi connectivity index (χ0) is 11.5. The minimum absolute atomic E-state index is 0.0688. The fraction of sp³-hybridized carbons (Fsp3) is 0.917. The highest BCUT2D eigenvalue weighted by Gasteiger charge is 2.36. The molecule has 0 aliphatic carbocycles. The van der Waals surface area contributed by atoms with Crippen LogP contribution < -0.4 is 5.32 Å². The fourth-order valence-corrected chi connectivity index (χ4v) is 3.09. The van der Waals surface area contributed by atoms with Crippen molar-refractivity contribution in [2.45, 2.75) is 57.2 Å². The molecule has 2 bridgehead atoms. The van der Waals surface area contributed by atoms with E-state index in [2.05, 4.69) is 10.2 Å². The maximum atomic E-state index is 10.7. The van der Waals surface area contributed by atoms with Gasteiger partial charge in [-0.2, -0.15) is 0 Å². The minimum Gasteiger partial charge on any atom is -0.390 e. The minimum atomic E-state index is -0.426. The summed E-state index contributed by atoms with van der Waals surface area (Å²) in [7, 11) is 0. The Morgan fingerprint density at radius 1 is 1.38 bits per heavy atom. The first-order valence-corrected chi connectivity index (χ1v) is 6.35. The standard InChI is InChI=1S/C12H22N2O2/c1-9(15)13-7-12(16)8-14-10-3-2-4-11(14)6-5-10/h10-12,16H,2-8H2,1H3,(H,13,15)/t10-,11+,12?. The van der Waals surface area contributed by atoms with Crippen LogP contribution >= 0.6 is 0 Å². The normalized spacial score (nSPS) is 31.4. The fourth-order valence-electron chi connectivity index (χ4n) is 3.09. The van der Waals surface area contributed by atoms with Gasteiger partial charge < -0.3 is 10.4 Å². The molecular weight excluding hydrogens is 204 g/mol. The molecule has 2 aliphatic rings. The maximum Gasteiger partial charge on any atom is 0.216 e. The van der Waals surface area contributed by atoms with Gasteiger partial charge in [0.05, 0.1) is 6.10 Å². The second kappa shape index (κ2) is 5.15. The van der Waals surface area contributed by atoms with E-state index in [9.17, 15) is 9.90 Å². The Hall–Kier alpha value is -0.610. The second-order valence-corrected chi connectivity index (χ2v) is 5.10. The number of carbonyl (C=O) groups is 1. The molecule has 3 atom stereocenters. The number of amides is 1. The summed E-state index contributed by atoms with van der Waals surface area (Å²) in [5, 5.41) is 12.5. The van der Waals surface area contributed by atoms with E-state index in [4.69, 9.17) is 0 Å². The molecular formula is C12H22N2O2. The number of piperidine rings is 1. The number of rotatable bonds is 4. The highest BCUT2D eigenvalue weighted by molar-refractivity contribution is 5.72. The predicted molar refractivity (Wildman–Crippen MR) is 62.1 cm³/mol. The first kappa shape index (κ1) is 11.9. The van der Waals surface area contributed by atoms with Crippen molar-refractivity contribution >= 4 is 5.91 Å². The van der Waals surface area contributed by atoms with E-state index in [0.717, 1.165) is 6.54 Å². The first-order valence-electron chi connectivity index (χ1n) is 6.35. The van der Waals surface area contributed by atoms with Gasteiger partial charge in [0.25, 0.3) is 0 Å². The van der Waals surface area contributed by atoms with Crippen LogP contribution in [0.3, 0.4) is 0 Å². The van der Waals surface area contributed by atoms with Crippen LogP contribution in [0.5, 0.6) is 0 Å². The maximum absolute atomic E-state index is 10.7. The van der Waals surface area contributed by atoms with E-state index in [1.807, 2.05) is 0 Å². The van der Waals surface area contributed by atoms with Gasteiger partial charge in [-0.15, -0.1) is 0 Å². The Labute approximate surface area is 97.0 Å². The van der Waals surface area contributed by atoms with E-state index in [1.165, 1.54) is 39.0 Å². The zero-order valence-electron chi connectivity index (χ0n) is 9.98. The molecule has 0 radical (unpaired) electrons. The molecule has 2 heterocycles. The van der Waals surface area contributed by atoms with Gasteiger partial charge in [-0.25, -0.2) is 0 Å². The summed E-state index contributed by atoms with van der Waals surface area (Å²) in [5.41, 5.74) is 0. The van der Waals surface area contributed by atoms with Gasteiger partial charge in [0, 0.05) is 32.1 Å². The second-order valence-electron chi connectivity index (χ2n) is 5.10. The number of aliphatic hydroxyl groups excluding tert-OH is 1. The summed E-state index contributed by atoms with van der Waals surface area (Å²) >= 11 is 0. The molecule has 92 valence electrons. The van der Waals surface area contributed by atoms with Gasteiger partial charge in [-0.3, -0.25) is 9.69 Å². The molecule has 1 unspecified atom stereocenters. The van der Waals surface area contributed by atoms with E-state index in [0.29, 0.717) is 18.6 Å². The molecule has 0 spiro atoms. The largest absolute Gasteiger partial charge is 0.390 e. The van der Waals surface area contributed by atoms with Crippen molar-refractivity contribution in [3.05, 3.63) is 0 Å². The number of aliphatic hydroxyl groups is 1. The molecule has 0 aromatic rings. The van der Waals surface area contributed by atoms with Crippen LogP contribution in [0.2, 0.25) is 0 Å². The highest BCUT2D eigenvalue weighted by Crippen LogP contribution is 2.35. The van der Waals surface area contributed by atoms with Crippen LogP contribution in [0.15, 0.2) is 0 Å². The molecule has 2 aliphatic heterocycles. The lowest BCUT2D eigenvalue weighted by atomic mass is 10.0. The number of nitrogens with zero attached hydrogens (tertiary/aromatic N) is 1. The van der Waals surface area contributed by atoms with Crippen molar-refractivity contribution in [3.63, 3.8) is 0 Å². The van der Waals surface area contributed by atoms with Crippen LogP contribution in [0, 0.1) is 0 Å².